The number of nitro benzene ring substituents is 1. The molecule has 5 nitrogen and oxygen atoms in total. The molecule has 6 heteroatoms. The second-order valence-corrected chi connectivity index (χ2v) is 9.53. The van der Waals surface area contributed by atoms with E-state index in [1.807, 2.05) is 18.2 Å². The second-order valence-electron chi connectivity index (χ2n) is 8.69. The lowest BCUT2D eigenvalue weighted by Gasteiger charge is -2.18. The molecule has 0 N–H and O–H groups in total. The molecule has 4 rings (SSSR count). The van der Waals surface area contributed by atoms with E-state index in [1.165, 1.54) is 16.7 Å². The van der Waals surface area contributed by atoms with E-state index in [1.54, 1.807) is 23.5 Å². The number of para-hydroxylation sites is 1. The fourth-order valence-corrected chi connectivity index (χ4v) is 5.40. The first-order chi connectivity index (χ1) is 17.0. The van der Waals surface area contributed by atoms with E-state index in [2.05, 4.69) is 73.2 Å². The van der Waals surface area contributed by atoms with E-state index in [4.69, 9.17) is 4.99 Å². The number of aromatic nitrogens is 1. The molecular weight excluding hydrogens is 454 g/mol. The van der Waals surface area contributed by atoms with Crippen molar-refractivity contribution < 1.29 is 4.92 Å². The van der Waals surface area contributed by atoms with Gasteiger partial charge in [0.05, 0.1) is 16.3 Å². The van der Waals surface area contributed by atoms with Crippen molar-refractivity contribution in [2.24, 2.45) is 4.99 Å². The van der Waals surface area contributed by atoms with Crippen LogP contribution in [0.4, 0.5) is 11.4 Å². The molecule has 0 amide bonds. The first-order valence-corrected chi connectivity index (χ1v) is 13.0. The van der Waals surface area contributed by atoms with Crippen LogP contribution < -0.4 is 4.80 Å². The maximum atomic E-state index is 11.2. The minimum Gasteiger partial charge on any atom is -0.314 e. The van der Waals surface area contributed by atoms with Crippen LogP contribution in [0.25, 0.3) is 11.3 Å². The molecule has 1 unspecified atom stereocenters. The molecule has 0 radical (unpaired) electrons. The van der Waals surface area contributed by atoms with Crippen LogP contribution in [0.1, 0.15) is 49.9 Å². The van der Waals surface area contributed by atoms with Crippen LogP contribution in [0.5, 0.6) is 0 Å². The third-order valence-corrected chi connectivity index (χ3v) is 7.26. The molecular formula is C29H31N3O2S. The number of hydrogen-bond acceptors (Lipinski definition) is 4. The largest absolute Gasteiger partial charge is 0.314 e. The normalized spacial score (nSPS) is 12.6. The van der Waals surface area contributed by atoms with Crippen LogP contribution in [-0.4, -0.2) is 9.49 Å². The van der Waals surface area contributed by atoms with Crippen molar-refractivity contribution in [3.05, 3.63) is 110 Å². The average molecular weight is 486 g/mol. The number of non-ortho nitro benzene ring substituents is 1. The van der Waals surface area contributed by atoms with Gasteiger partial charge in [-0.25, -0.2) is 4.99 Å². The van der Waals surface area contributed by atoms with Crippen molar-refractivity contribution >= 4 is 22.7 Å². The fraction of sp³-hybridized carbons (Fsp3) is 0.276. The predicted octanol–water partition coefficient (Wildman–Crippen LogP) is 7.68. The zero-order valence-corrected chi connectivity index (χ0v) is 21.3. The smallest absolute Gasteiger partial charge is 0.269 e. The summed E-state index contributed by atoms with van der Waals surface area (Å²) in [6, 6.07) is 24.0. The molecule has 0 spiro atoms. The summed E-state index contributed by atoms with van der Waals surface area (Å²) in [6.07, 6.45) is 3.79. The van der Waals surface area contributed by atoms with Gasteiger partial charge < -0.3 is 4.57 Å². The topological polar surface area (TPSA) is 60.4 Å². The minimum absolute atomic E-state index is 0.0991. The lowest BCUT2D eigenvalue weighted by atomic mass is 10.0. The van der Waals surface area contributed by atoms with Gasteiger partial charge >= 0.3 is 0 Å². The molecule has 0 fully saturated rings. The number of nitro groups is 1. The highest BCUT2D eigenvalue weighted by molar-refractivity contribution is 7.07. The van der Waals surface area contributed by atoms with Gasteiger partial charge in [-0.15, -0.1) is 11.3 Å². The molecule has 1 heterocycles. The van der Waals surface area contributed by atoms with E-state index >= 15 is 0 Å². The van der Waals surface area contributed by atoms with Crippen molar-refractivity contribution in [2.75, 3.05) is 0 Å². The quantitative estimate of drug-likeness (QED) is 0.180. The number of hydrogen-bond donors (Lipinski definition) is 0. The van der Waals surface area contributed by atoms with Crippen LogP contribution in [0.2, 0.25) is 0 Å². The number of nitrogens with zero attached hydrogens (tertiary/aromatic N) is 3. The van der Waals surface area contributed by atoms with E-state index < -0.39 is 0 Å². The highest BCUT2D eigenvalue weighted by atomic mass is 32.1. The van der Waals surface area contributed by atoms with Crippen LogP contribution in [-0.2, 0) is 19.3 Å². The summed E-state index contributed by atoms with van der Waals surface area (Å²) >= 11 is 1.63. The van der Waals surface area contributed by atoms with Crippen molar-refractivity contribution in [3.63, 3.8) is 0 Å². The summed E-state index contributed by atoms with van der Waals surface area (Å²) < 4.78 is 2.31. The molecule has 0 aliphatic heterocycles. The zero-order chi connectivity index (χ0) is 24.8. The van der Waals surface area contributed by atoms with Crippen molar-refractivity contribution in [1.82, 2.24) is 4.57 Å². The average Bonchev–Trinajstić information content (AvgIpc) is 3.31. The van der Waals surface area contributed by atoms with Crippen molar-refractivity contribution in [3.8, 4) is 11.3 Å². The van der Waals surface area contributed by atoms with Gasteiger partial charge in [0.2, 0.25) is 0 Å². The first kappa shape index (κ1) is 24.6. The summed E-state index contributed by atoms with van der Waals surface area (Å²) in [5.74, 6) is 0. The Hall–Kier alpha value is -3.51. The minimum atomic E-state index is -0.358. The molecule has 0 aliphatic carbocycles. The van der Waals surface area contributed by atoms with Gasteiger partial charge in [0.25, 0.3) is 5.69 Å². The van der Waals surface area contributed by atoms with E-state index in [0.29, 0.717) is 0 Å². The molecule has 35 heavy (non-hydrogen) atoms. The first-order valence-electron chi connectivity index (χ1n) is 12.2. The molecule has 0 saturated carbocycles. The van der Waals surface area contributed by atoms with Crippen molar-refractivity contribution in [2.45, 2.75) is 52.5 Å². The van der Waals surface area contributed by atoms with Gasteiger partial charge in [-0.1, -0.05) is 62.4 Å². The molecule has 4 aromatic rings. The van der Waals surface area contributed by atoms with Crippen LogP contribution >= 0.6 is 11.3 Å². The standard InChI is InChI=1S/C29H31N3O2S/c1-4-23-12-9-13-24(5-2)28(23)30-29-31(21(3)14-15-22-10-7-6-8-11-22)27(20-35-29)25-16-18-26(19-17-25)32(33)34/h6-13,16-21H,4-5,14-15H2,1-3H3. The number of benzene rings is 3. The van der Waals surface area contributed by atoms with Crippen molar-refractivity contribution in [1.29, 1.82) is 0 Å². The maximum absolute atomic E-state index is 11.2. The SMILES string of the molecule is CCc1cccc(CC)c1N=c1scc(-c2ccc([N+](=O)[O-])cc2)n1C(C)CCc1ccccc1. The Kier molecular flexibility index (Phi) is 7.93. The number of rotatable bonds is 9. The van der Waals surface area contributed by atoms with Crippen LogP contribution in [0.15, 0.2) is 83.2 Å². The van der Waals surface area contributed by atoms with Gasteiger partial charge in [-0.2, -0.15) is 0 Å². The Morgan fingerprint density at radius 3 is 2.20 bits per heavy atom. The third kappa shape index (κ3) is 5.60. The molecule has 0 aliphatic rings. The van der Waals surface area contributed by atoms with E-state index in [0.717, 1.165) is 47.4 Å². The zero-order valence-electron chi connectivity index (χ0n) is 20.5. The van der Waals surface area contributed by atoms with Gasteiger partial charge in [0.1, 0.15) is 0 Å². The van der Waals surface area contributed by atoms with Gasteiger partial charge in [0, 0.05) is 23.6 Å². The molecule has 3 aromatic carbocycles. The summed E-state index contributed by atoms with van der Waals surface area (Å²) in [5, 5.41) is 13.3. The Labute approximate surface area is 210 Å². The number of thiazole rings is 1. The molecule has 1 aromatic heterocycles. The van der Waals surface area contributed by atoms with Gasteiger partial charge in [-0.05, 0) is 67.0 Å². The van der Waals surface area contributed by atoms with E-state index in [-0.39, 0.29) is 16.7 Å². The third-order valence-electron chi connectivity index (χ3n) is 6.42. The summed E-state index contributed by atoms with van der Waals surface area (Å²) in [5.41, 5.74) is 6.97. The lowest BCUT2D eigenvalue weighted by Crippen LogP contribution is -2.20. The lowest BCUT2D eigenvalue weighted by molar-refractivity contribution is -0.384. The summed E-state index contributed by atoms with van der Waals surface area (Å²) in [6.45, 7) is 6.57. The molecule has 0 bridgehead atoms. The second kappa shape index (κ2) is 11.3. The predicted molar refractivity (Wildman–Crippen MR) is 144 cm³/mol. The summed E-state index contributed by atoms with van der Waals surface area (Å²) in [4.78, 5) is 17.0. The Balaban J connectivity index is 1.81. The maximum Gasteiger partial charge on any atom is 0.269 e. The number of aryl methyl sites for hydroxylation is 3. The Bertz CT molecular complexity index is 1330. The molecule has 0 saturated heterocycles. The van der Waals surface area contributed by atoms with Gasteiger partial charge in [-0.3, -0.25) is 10.1 Å². The highest BCUT2D eigenvalue weighted by Gasteiger charge is 2.16. The van der Waals surface area contributed by atoms with Gasteiger partial charge in [0.15, 0.2) is 4.80 Å². The van der Waals surface area contributed by atoms with Crippen LogP contribution in [0, 0.1) is 10.1 Å². The molecule has 1 atom stereocenters. The Morgan fingerprint density at radius 1 is 0.943 bits per heavy atom. The van der Waals surface area contributed by atoms with Crippen LogP contribution in [0.3, 0.4) is 0 Å². The summed E-state index contributed by atoms with van der Waals surface area (Å²) in [7, 11) is 0. The Morgan fingerprint density at radius 2 is 1.60 bits per heavy atom. The fourth-order valence-electron chi connectivity index (χ4n) is 4.40. The monoisotopic (exact) mass is 485 g/mol. The molecule has 180 valence electrons. The highest BCUT2D eigenvalue weighted by Crippen LogP contribution is 2.29. The van der Waals surface area contributed by atoms with E-state index in [9.17, 15) is 10.1 Å².